The van der Waals surface area contributed by atoms with E-state index in [0.29, 0.717) is 11.8 Å². The van der Waals surface area contributed by atoms with Crippen LogP contribution < -0.4 is 5.32 Å². The quantitative estimate of drug-likeness (QED) is 0.817. The van der Waals surface area contributed by atoms with Crippen molar-refractivity contribution in [1.29, 1.82) is 0 Å². The Hall–Kier alpha value is -1.16. The van der Waals surface area contributed by atoms with Crippen LogP contribution in [0.5, 0.6) is 0 Å². The Bertz CT molecular complexity index is 427. The highest BCUT2D eigenvalue weighted by Crippen LogP contribution is 2.51. The van der Waals surface area contributed by atoms with Gasteiger partial charge in [-0.2, -0.15) is 0 Å². The maximum absolute atomic E-state index is 12.1. The molecule has 1 aromatic rings. The molecular formula is C13H16N2OS. The lowest BCUT2D eigenvalue weighted by atomic mass is 10.1. The molecule has 3 nitrogen and oxygen atoms in total. The SMILES string of the molecule is O=C(Nc1nccs1)[C@@H]1[C@H]2/C=C\CCCC[C@@H]21. The minimum atomic E-state index is 0.154. The van der Waals surface area contributed by atoms with E-state index in [4.69, 9.17) is 0 Å². The van der Waals surface area contributed by atoms with Gasteiger partial charge in [0.1, 0.15) is 0 Å². The van der Waals surface area contributed by atoms with Crippen LogP contribution in [-0.4, -0.2) is 10.9 Å². The van der Waals surface area contributed by atoms with Crippen LogP contribution in [0.15, 0.2) is 23.7 Å². The van der Waals surface area contributed by atoms with Crippen molar-refractivity contribution >= 4 is 22.4 Å². The lowest BCUT2D eigenvalue weighted by Gasteiger charge is -2.00. The lowest BCUT2D eigenvalue weighted by molar-refractivity contribution is -0.117. The Morgan fingerprint density at radius 3 is 3.24 bits per heavy atom. The van der Waals surface area contributed by atoms with Gasteiger partial charge in [0.05, 0.1) is 0 Å². The van der Waals surface area contributed by atoms with Crippen LogP contribution in [0.25, 0.3) is 0 Å². The van der Waals surface area contributed by atoms with Gasteiger partial charge in [-0.25, -0.2) is 4.98 Å². The van der Waals surface area contributed by atoms with Crippen molar-refractivity contribution in [2.75, 3.05) is 5.32 Å². The molecule has 3 atom stereocenters. The van der Waals surface area contributed by atoms with Crippen LogP contribution in [0.3, 0.4) is 0 Å². The van der Waals surface area contributed by atoms with Gasteiger partial charge in [0.2, 0.25) is 5.91 Å². The molecule has 0 aliphatic heterocycles. The fourth-order valence-corrected chi connectivity index (χ4v) is 3.31. The average Bonchev–Trinajstić information content (AvgIpc) is 2.72. The van der Waals surface area contributed by atoms with Gasteiger partial charge in [-0.3, -0.25) is 4.79 Å². The van der Waals surface area contributed by atoms with Crippen LogP contribution in [0, 0.1) is 17.8 Å². The predicted molar refractivity (Wildman–Crippen MR) is 68.8 cm³/mol. The summed E-state index contributed by atoms with van der Waals surface area (Å²) < 4.78 is 0. The standard InChI is InChI=1S/C13H16N2OS/c16-12(15-13-14-7-8-17-13)11-9-5-3-1-2-4-6-10(9)11/h3,5,7-11H,1-2,4,6H2,(H,14,15,16)/b5-3-/t9-,10-,11+/m0/s1. The zero-order valence-electron chi connectivity index (χ0n) is 9.63. The zero-order chi connectivity index (χ0) is 11.7. The number of amides is 1. The number of carbonyl (C=O) groups excluding carboxylic acids is 1. The van der Waals surface area contributed by atoms with Gasteiger partial charge in [0, 0.05) is 17.5 Å². The normalized spacial score (nSPS) is 33.1. The fourth-order valence-electron chi connectivity index (χ4n) is 2.77. The summed E-state index contributed by atoms with van der Waals surface area (Å²) in [4.78, 5) is 16.2. The fraction of sp³-hybridized carbons (Fsp3) is 0.538. The van der Waals surface area contributed by atoms with E-state index in [-0.39, 0.29) is 11.8 Å². The molecule has 2 aliphatic carbocycles. The first-order chi connectivity index (χ1) is 8.36. The third-order valence-electron chi connectivity index (χ3n) is 3.71. The van der Waals surface area contributed by atoms with Gasteiger partial charge < -0.3 is 5.32 Å². The Kier molecular flexibility index (Phi) is 2.97. The largest absolute Gasteiger partial charge is 0.302 e. The lowest BCUT2D eigenvalue weighted by Crippen LogP contribution is -2.15. The van der Waals surface area contributed by atoms with Gasteiger partial charge in [0.15, 0.2) is 5.13 Å². The predicted octanol–water partition coefficient (Wildman–Crippen LogP) is 3.07. The smallest absolute Gasteiger partial charge is 0.230 e. The summed E-state index contributed by atoms with van der Waals surface area (Å²) in [6.07, 6.45) is 11.1. The number of thiazole rings is 1. The molecule has 3 rings (SSSR count). The molecule has 1 aromatic heterocycles. The highest BCUT2D eigenvalue weighted by atomic mass is 32.1. The van der Waals surface area contributed by atoms with Crippen LogP contribution >= 0.6 is 11.3 Å². The van der Waals surface area contributed by atoms with E-state index in [0.717, 1.165) is 5.13 Å². The molecule has 0 bridgehead atoms. The molecule has 1 saturated carbocycles. The maximum atomic E-state index is 12.1. The third kappa shape index (κ3) is 2.27. The van der Waals surface area contributed by atoms with Gasteiger partial charge in [-0.1, -0.05) is 18.6 Å². The molecule has 17 heavy (non-hydrogen) atoms. The van der Waals surface area contributed by atoms with E-state index in [9.17, 15) is 4.79 Å². The van der Waals surface area contributed by atoms with E-state index in [1.165, 1.54) is 37.0 Å². The van der Waals surface area contributed by atoms with Gasteiger partial charge in [0.25, 0.3) is 0 Å². The monoisotopic (exact) mass is 248 g/mol. The Labute approximate surface area is 105 Å². The third-order valence-corrected chi connectivity index (χ3v) is 4.40. The van der Waals surface area contributed by atoms with Gasteiger partial charge >= 0.3 is 0 Å². The van der Waals surface area contributed by atoms with Gasteiger partial charge in [-0.15, -0.1) is 11.3 Å². The Morgan fingerprint density at radius 1 is 1.47 bits per heavy atom. The number of fused-ring (bicyclic) bond motifs is 1. The molecule has 0 aromatic carbocycles. The average molecular weight is 248 g/mol. The van der Waals surface area contributed by atoms with Crippen molar-refractivity contribution in [2.45, 2.75) is 25.7 Å². The first-order valence-corrected chi connectivity index (χ1v) is 7.11. The summed E-state index contributed by atoms with van der Waals surface area (Å²) in [6.45, 7) is 0. The summed E-state index contributed by atoms with van der Waals surface area (Å²) >= 11 is 1.48. The van der Waals surface area contributed by atoms with E-state index < -0.39 is 0 Å². The summed E-state index contributed by atoms with van der Waals surface area (Å²) in [6, 6.07) is 0. The Morgan fingerprint density at radius 2 is 2.41 bits per heavy atom. The minimum absolute atomic E-state index is 0.154. The summed E-state index contributed by atoms with van der Waals surface area (Å²) in [5, 5.41) is 5.52. The molecule has 1 heterocycles. The minimum Gasteiger partial charge on any atom is -0.302 e. The second-order valence-electron chi connectivity index (χ2n) is 4.81. The van der Waals surface area contributed by atoms with Crippen LogP contribution in [0.2, 0.25) is 0 Å². The van der Waals surface area contributed by atoms with E-state index in [1.807, 2.05) is 5.38 Å². The molecule has 0 saturated heterocycles. The Balaban J connectivity index is 1.64. The molecule has 0 radical (unpaired) electrons. The summed E-state index contributed by atoms with van der Waals surface area (Å²) in [5.74, 6) is 1.40. The van der Waals surface area contributed by atoms with Gasteiger partial charge in [-0.05, 0) is 31.1 Å². The second kappa shape index (κ2) is 4.61. The number of carbonyl (C=O) groups is 1. The highest BCUT2D eigenvalue weighted by Gasteiger charge is 2.52. The number of aromatic nitrogens is 1. The second-order valence-corrected chi connectivity index (χ2v) is 5.70. The first-order valence-electron chi connectivity index (χ1n) is 6.23. The van der Waals surface area contributed by atoms with Crippen molar-refractivity contribution in [2.24, 2.45) is 17.8 Å². The molecular weight excluding hydrogens is 232 g/mol. The van der Waals surface area contributed by atoms with Crippen LogP contribution in [-0.2, 0) is 4.79 Å². The molecule has 0 spiro atoms. The van der Waals surface area contributed by atoms with E-state index in [1.54, 1.807) is 6.20 Å². The highest BCUT2D eigenvalue weighted by molar-refractivity contribution is 7.13. The van der Waals surface area contributed by atoms with Crippen molar-refractivity contribution in [3.63, 3.8) is 0 Å². The summed E-state index contributed by atoms with van der Waals surface area (Å²) in [7, 11) is 0. The molecule has 1 N–H and O–H groups in total. The number of anilines is 1. The number of hydrogen-bond acceptors (Lipinski definition) is 3. The number of hydrogen-bond donors (Lipinski definition) is 1. The first kappa shape index (κ1) is 11.0. The van der Waals surface area contributed by atoms with E-state index in [2.05, 4.69) is 22.5 Å². The number of rotatable bonds is 2. The zero-order valence-corrected chi connectivity index (χ0v) is 10.5. The maximum Gasteiger partial charge on any atom is 0.230 e. The molecule has 2 aliphatic rings. The molecule has 0 unspecified atom stereocenters. The number of nitrogens with zero attached hydrogens (tertiary/aromatic N) is 1. The van der Waals surface area contributed by atoms with Crippen molar-refractivity contribution in [1.82, 2.24) is 4.98 Å². The van der Waals surface area contributed by atoms with Crippen molar-refractivity contribution < 1.29 is 4.79 Å². The molecule has 1 amide bonds. The number of nitrogens with one attached hydrogen (secondary N) is 1. The van der Waals surface area contributed by atoms with E-state index >= 15 is 0 Å². The number of allylic oxidation sites excluding steroid dienone is 2. The van der Waals surface area contributed by atoms with Crippen LogP contribution in [0.1, 0.15) is 25.7 Å². The molecule has 90 valence electrons. The van der Waals surface area contributed by atoms with Crippen LogP contribution in [0.4, 0.5) is 5.13 Å². The molecule has 1 fully saturated rings. The topological polar surface area (TPSA) is 42.0 Å². The summed E-state index contributed by atoms with van der Waals surface area (Å²) in [5.41, 5.74) is 0. The van der Waals surface area contributed by atoms with Crippen molar-refractivity contribution in [3.05, 3.63) is 23.7 Å². The van der Waals surface area contributed by atoms with Crippen molar-refractivity contribution in [3.8, 4) is 0 Å². The molecule has 4 heteroatoms.